The van der Waals surface area contributed by atoms with Gasteiger partial charge in [-0.25, -0.2) is 0 Å². The molecule has 1 heterocycles. The van der Waals surface area contributed by atoms with Crippen LogP contribution in [0.4, 0.5) is 5.69 Å². The van der Waals surface area contributed by atoms with Crippen LogP contribution in [0.2, 0.25) is 0 Å². The quantitative estimate of drug-likeness (QED) is 0.584. The Morgan fingerprint density at radius 1 is 1.46 bits per heavy atom. The largest absolute Gasteiger partial charge is 0.503 e. The minimum atomic E-state index is -0.450. The van der Waals surface area contributed by atoms with Gasteiger partial charge in [-0.15, -0.1) is 0 Å². The van der Waals surface area contributed by atoms with Crippen molar-refractivity contribution in [1.29, 1.82) is 0 Å². The van der Waals surface area contributed by atoms with Crippen LogP contribution in [0.5, 0.6) is 0 Å². The lowest BCUT2D eigenvalue weighted by atomic mass is 10.1. The first kappa shape index (κ1) is 7.86. The van der Waals surface area contributed by atoms with E-state index in [4.69, 9.17) is 0 Å². The van der Waals surface area contributed by atoms with Gasteiger partial charge >= 0.3 is 0 Å². The Morgan fingerprint density at radius 2 is 2.15 bits per heavy atom. The Balaban J connectivity index is 2.99. The molecule has 1 amide bonds. The molecule has 2 N–H and O–H groups in total. The Bertz CT molecular complexity index is 502. The number of carbonyl (C=O) groups is 1. The lowest BCUT2D eigenvalue weighted by molar-refractivity contribution is -0.112. The van der Waals surface area contributed by atoms with Gasteiger partial charge in [0.2, 0.25) is 0 Å². The normalized spacial score (nSPS) is 14.2. The van der Waals surface area contributed by atoms with Crippen molar-refractivity contribution in [3.05, 3.63) is 28.1 Å². The Hall–Kier alpha value is -1.77. The zero-order valence-corrected chi connectivity index (χ0v) is 7.22. The predicted molar refractivity (Wildman–Crippen MR) is 50.6 cm³/mol. The number of aliphatic hydroxyl groups excluding tert-OH is 1. The number of anilines is 1. The summed E-state index contributed by atoms with van der Waals surface area (Å²) in [6, 6.07) is 3.64. The summed E-state index contributed by atoms with van der Waals surface area (Å²) in [6.07, 6.45) is 0. The second kappa shape index (κ2) is 2.36. The summed E-state index contributed by atoms with van der Waals surface area (Å²) < 4.78 is 0. The van der Waals surface area contributed by atoms with E-state index in [-0.39, 0.29) is 5.76 Å². The summed E-state index contributed by atoms with van der Waals surface area (Å²) in [6.45, 7) is 5.62. The van der Waals surface area contributed by atoms with Crippen molar-refractivity contribution in [2.45, 2.75) is 6.92 Å². The Labute approximate surface area is 75.0 Å². The maximum Gasteiger partial charge on any atom is 0.291 e. The highest BCUT2D eigenvalue weighted by atomic mass is 16.3. The summed E-state index contributed by atoms with van der Waals surface area (Å²) in [5, 5.41) is 13.2. The molecule has 0 saturated heterocycles. The second-order valence-corrected chi connectivity index (χ2v) is 3.09. The van der Waals surface area contributed by atoms with Crippen molar-refractivity contribution in [2.24, 2.45) is 0 Å². The molecule has 1 aromatic carbocycles. The number of fused-ring (bicyclic) bond motifs is 1. The van der Waals surface area contributed by atoms with Crippen LogP contribution in [0, 0.1) is 6.92 Å². The SMILES string of the molecule is C=c1ccc(C)c2c1=C(O)C(=O)N2. The Kier molecular flexibility index (Phi) is 1.42. The van der Waals surface area contributed by atoms with Gasteiger partial charge in [-0.05, 0) is 17.7 Å². The molecule has 0 fully saturated rings. The molecule has 0 saturated carbocycles. The fourth-order valence-corrected chi connectivity index (χ4v) is 1.47. The second-order valence-electron chi connectivity index (χ2n) is 3.09. The first-order valence-corrected chi connectivity index (χ1v) is 3.94. The molecule has 2 rings (SSSR count). The summed E-state index contributed by atoms with van der Waals surface area (Å²) in [5.74, 6) is -0.682. The molecule has 66 valence electrons. The summed E-state index contributed by atoms with van der Waals surface area (Å²) in [4.78, 5) is 11.1. The summed E-state index contributed by atoms with van der Waals surface area (Å²) in [5.41, 5.74) is 1.61. The maximum absolute atomic E-state index is 11.1. The van der Waals surface area contributed by atoms with E-state index in [9.17, 15) is 9.90 Å². The van der Waals surface area contributed by atoms with Crippen molar-refractivity contribution >= 4 is 23.9 Å². The van der Waals surface area contributed by atoms with E-state index in [0.29, 0.717) is 16.1 Å². The first-order valence-electron chi connectivity index (χ1n) is 3.94. The van der Waals surface area contributed by atoms with Gasteiger partial charge < -0.3 is 10.4 Å². The fraction of sp³-hybridized carbons (Fsp3) is 0.100. The van der Waals surface area contributed by atoms with E-state index >= 15 is 0 Å². The highest BCUT2D eigenvalue weighted by molar-refractivity contribution is 6.21. The average Bonchev–Trinajstić information content (AvgIpc) is 2.38. The van der Waals surface area contributed by atoms with Crippen LogP contribution in [0.25, 0.3) is 12.3 Å². The molecule has 0 spiro atoms. The van der Waals surface area contributed by atoms with Gasteiger partial charge in [-0.2, -0.15) is 0 Å². The number of hydrogen-bond acceptors (Lipinski definition) is 2. The molecule has 1 aliphatic heterocycles. The van der Waals surface area contributed by atoms with Crippen LogP contribution in [0.1, 0.15) is 5.56 Å². The fourth-order valence-electron chi connectivity index (χ4n) is 1.47. The molecule has 0 unspecified atom stereocenters. The number of aliphatic hydroxyl groups is 1. The van der Waals surface area contributed by atoms with Crippen LogP contribution < -0.4 is 15.8 Å². The number of carbonyl (C=O) groups excluding carboxylic acids is 1. The van der Waals surface area contributed by atoms with Gasteiger partial charge in [-0.1, -0.05) is 18.7 Å². The van der Waals surface area contributed by atoms with E-state index < -0.39 is 5.91 Å². The van der Waals surface area contributed by atoms with Gasteiger partial charge in [0.25, 0.3) is 5.91 Å². The molecule has 0 aromatic heterocycles. The molecule has 0 atom stereocenters. The monoisotopic (exact) mass is 175 g/mol. The van der Waals surface area contributed by atoms with E-state index in [1.807, 2.05) is 13.0 Å². The minimum Gasteiger partial charge on any atom is -0.503 e. The number of rotatable bonds is 0. The van der Waals surface area contributed by atoms with Crippen molar-refractivity contribution in [3.63, 3.8) is 0 Å². The highest BCUT2D eigenvalue weighted by Crippen LogP contribution is 2.12. The topological polar surface area (TPSA) is 49.3 Å². The number of hydrogen-bond donors (Lipinski definition) is 2. The van der Waals surface area contributed by atoms with Crippen LogP contribution in [-0.4, -0.2) is 11.0 Å². The van der Waals surface area contributed by atoms with Crippen molar-refractivity contribution < 1.29 is 9.90 Å². The van der Waals surface area contributed by atoms with Gasteiger partial charge in [0.15, 0.2) is 5.76 Å². The van der Waals surface area contributed by atoms with E-state index in [1.165, 1.54) is 0 Å². The average molecular weight is 175 g/mol. The third kappa shape index (κ3) is 0.935. The third-order valence-electron chi connectivity index (χ3n) is 2.19. The van der Waals surface area contributed by atoms with Gasteiger partial charge in [0.05, 0.1) is 10.9 Å². The lowest BCUT2D eigenvalue weighted by Crippen LogP contribution is -2.24. The Morgan fingerprint density at radius 3 is 2.77 bits per heavy atom. The number of amides is 1. The van der Waals surface area contributed by atoms with E-state index in [0.717, 1.165) is 5.56 Å². The first-order chi connectivity index (χ1) is 6.11. The maximum atomic E-state index is 11.1. The molecular formula is C10H9NO2. The van der Waals surface area contributed by atoms with Crippen LogP contribution >= 0.6 is 0 Å². The van der Waals surface area contributed by atoms with Crippen LogP contribution in [-0.2, 0) is 4.79 Å². The number of benzene rings is 1. The molecule has 0 bridgehead atoms. The molecule has 1 aliphatic rings. The molecule has 13 heavy (non-hydrogen) atoms. The molecule has 1 aromatic rings. The summed E-state index contributed by atoms with van der Waals surface area (Å²) in [7, 11) is 0. The molecular weight excluding hydrogens is 166 g/mol. The van der Waals surface area contributed by atoms with Crippen LogP contribution in [0.3, 0.4) is 0 Å². The zero-order chi connectivity index (χ0) is 9.59. The van der Waals surface area contributed by atoms with Gasteiger partial charge in [-0.3, -0.25) is 4.79 Å². The summed E-state index contributed by atoms with van der Waals surface area (Å²) >= 11 is 0. The number of aryl methyl sites for hydroxylation is 1. The van der Waals surface area contributed by atoms with E-state index in [1.54, 1.807) is 6.07 Å². The number of nitrogens with one attached hydrogen (secondary N) is 1. The van der Waals surface area contributed by atoms with Crippen molar-refractivity contribution in [1.82, 2.24) is 0 Å². The van der Waals surface area contributed by atoms with Crippen molar-refractivity contribution in [2.75, 3.05) is 5.32 Å². The molecule has 3 nitrogen and oxygen atoms in total. The van der Waals surface area contributed by atoms with Gasteiger partial charge in [0.1, 0.15) is 0 Å². The standard InChI is InChI=1S/C10H9NO2/c1-5-3-4-6(2)8-7(5)9(12)10(13)11-8/h3-4,12H,1H2,2H3,(H,11,13). The predicted octanol–water partition coefficient (Wildman–Crippen LogP) is 0.0236. The highest BCUT2D eigenvalue weighted by Gasteiger charge is 2.20. The lowest BCUT2D eigenvalue weighted by Gasteiger charge is -1.99. The van der Waals surface area contributed by atoms with E-state index in [2.05, 4.69) is 11.9 Å². The molecule has 0 radical (unpaired) electrons. The minimum absolute atomic E-state index is 0.233. The smallest absolute Gasteiger partial charge is 0.291 e. The van der Waals surface area contributed by atoms with Gasteiger partial charge in [0, 0.05) is 0 Å². The zero-order valence-electron chi connectivity index (χ0n) is 7.22. The molecule has 3 heteroatoms. The van der Waals surface area contributed by atoms with Crippen molar-refractivity contribution in [3.8, 4) is 0 Å². The van der Waals surface area contributed by atoms with Crippen LogP contribution in [0.15, 0.2) is 12.1 Å². The molecule has 0 aliphatic carbocycles. The third-order valence-corrected chi connectivity index (χ3v) is 2.19.